The second-order valence-electron chi connectivity index (χ2n) is 6.29. The van der Waals surface area contributed by atoms with E-state index in [4.69, 9.17) is 0 Å². The summed E-state index contributed by atoms with van der Waals surface area (Å²) in [6, 6.07) is 2.08. The van der Waals surface area contributed by atoms with Crippen LogP contribution in [-0.2, 0) is 4.79 Å². The number of hydrogen-bond acceptors (Lipinski definition) is 6. The molecule has 7 heteroatoms. The fraction of sp³-hybridized carbons (Fsp3) is 0.667. The molecule has 2 aliphatic rings. The minimum atomic E-state index is -0.105. The molecule has 0 bridgehead atoms. The van der Waals surface area contributed by atoms with Gasteiger partial charge in [0.05, 0.1) is 0 Å². The number of anilines is 1. The van der Waals surface area contributed by atoms with E-state index in [-0.39, 0.29) is 11.9 Å². The van der Waals surface area contributed by atoms with Crippen LogP contribution in [0.3, 0.4) is 0 Å². The normalized spacial score (nSPS) is 25.8. The van der Waals surface area contributed by atoms with E-state index in [1.54, 1.807) is 12.4 Å². The zero-order chi connectivity index (χ0) is 15.5. The van der Waals surface area contributed by atoms with Gasteiger partial charge in [0.15, 0.2) is 0 Å². The zero-order valence-electron chi connectivity index (χ0n) is 13.2. The minimum absolute atomic E-state index is 0.105. The van der Waals surface area contributed by atoms with Crippen molar-refractivity contribution in [1.82, 2.24) is 25.7 Å². The van der Waals surface area contributed by atoms with Gasteiger partial charge in [-0.2, -0.15) is 0 Å². The molecule has 1 aromatic rings. The first-order valence-electron chi connectivity index (χ1n) is 7.97. The largest absolute Gasteiger partial charge is 0.338 e. The van der Waals surface area contributed by atoms with Gasteiger partial charge in [-0.15, -0.1) is 0 Å². The number of rotatable bonds is 3. The molecule has 2 saturated heterocycles. The Balaban J connectivity index is 1.52. The third-order valence-corrected chi connectivity index (χ3v) is 4.46. The smallest absolute Gasteiger partial charge is 0.241 e. The van der Waals surface area contributed by atoms with Gasteiger partial charge in [-0.05, 0) is 18.4 Å². The molecule has 1 amide bonds. The van der Waals surface area contributed by atoms with Gasteiger partial charge in [0, 0.05) is 44.6 Å². The van der Waals surface area contributed by atoms with Crippen LogP contribution in [0, 0.1) is 5.92 Å². The molecular formula is C15H24N6O. The van der Waals surface area contributed by atoms with Gasteiger partial charge in [0.25, 0.3) is 0 Å². The third-order valence-electron chi connectivity index (χ3n) is 4.46. The van der Waals surface area contributed by atoms with Crippen LogP contribution in [0.1, 0.15) is 20.3 Å². The number of carbonyl (C=O) groups excluding carboxylic acids is 1. The predicted octanol–water partition coefficient (Wildman–Crippen LogP) is 0.0163. The van der Waals surface area contributed by atoms with E-state index in [0.29, 0.717) is 12.0 Å². The van der Waals surface area contributed by atoms with E-state index in [9.17, 15) is 4.79 Å². The molecule has 0 aliphatic carbocycles. The van der Waals surface area contributed by atoms with Crippen LogP contribution in [0.15, 0.2) is 18.5 Å². The highest BCUT2D eigenvalue weighted by Crippen LogP contribution is 2.16. The Morgan fingerprint density at radius 2 is 1.86 bits per heavy atom. The Hall–Kier alpha value is -1.73. The SMILES string of the molecule is CC(C)C1CC(C(=O)N2CCN(c3ncccn3)CC2)NN1. The molecule has 2 atom stereocenters. The molecule has 120 valence electrons. The quantitative estimate of drug-likeness (QED) is 0.820. The fourth-order valence-corrected chi connectivity index (χ4v) is 2.98. The lowest BCUT2D eigenvalue weighted by atomic mass is 9.99. The number of amides is 1. The van der Waals surface area contributed by atoms with Crippen molar-refractivity contribution >= 4 is 11.9 Å². The van der Waals surface area contributed by atoms with Crippen molar-refractivity contribution in [2.24, 2.45) is 5.92 Å². The van der Waals surface area contributed by atoms with Gasteiger partial charge in [-0.1, -0.05) is 13.8 Å². The lowest BCUT2D eigenvalue weighted by molar-refractivity contribution is -0.133. The molecule has 1 aromatic heterocycles. The Morgan fingerprint density at radius 1 is 1.18 bits per heavy atom. The average Bonchev–Trinajstić information content (AvgIpc) is 3.05. The van der Waals surface area contributed by atoms with Gasteiger partial charge in [-0.3, -0.25) is 10.2 Å². The highest BCUT2D eigenvalue weighted by molar-refractivity contribution is 5.82. The van der Waals surface area contributed by atoms with E-state index < -0.39 is 0 Å². The Kier molecular flexibility index (Phi) is 4.54. The fourth-order valence-electron chi connectivity index (χ4n) is 2.98. The molecule has 2 fully saturated rings. The zero-order valence-corrected chi connectivity index (χ0v) is 13.2. The summed E-state index contributed by atoms with van der Waals surface area (Å²) in [5.74, 6) is 1.47. The van der Waals surface area contributed by atoms with Gasteiger partial charge in [-0.25, -0.2) is 15.4 Å². The number of hydrazine groups is 1. The van der Waals surface area contributed by atoms with Crippen LogP contribution in [0.5, 0.6) is 0 Å². The highest BCUT2D eigenvalue weighted by Gasteiger charge is 2.34. The van der Waals surface area contributed by atoms with Crippen LogP contribution >= 0.6 is 0 Å². The summed E-state index contributed by atoms with van der Waals surface area (Å²) in [7, 11) is 0. The van der Waals surface area contributed by atoms with E-state index in [0.717, 1.165) is 38.5 Å². The van der Waals surface area contributed by atoms with Gasteiger partial charge in [0.1, 0.15) is 6.04 Å². The van der Waals surface area contributed by atoms with E-state index in [2.05, 4.69) is 39.6 Å². The molecule has 0 aromatic carbocycles. The topological polar surface area (TPSA) is 73.4 Å². The van der Waals surface area contributed by atoms with E-state index in [1.807, 2.05) is 11.0 Å². The molecule has 2 unspecified atom stereocenters. The highest BCUT2D eigenvalue weighted by atomic mass is 16.2. The summed E-state index contributed by atoms with van der Waals surface area (Å²) in [5.41, 5.74) is 6.38. The Bertz CT molecular complexity index is 500. The summed E-state index contributed by atoms with van der Waals surface area (Å²) < 4.78 is 0. The second-order valence-corrected chi connectivity index (χ2v) is 6.29. The van der Waals surface area contributed by atoms with Crippen LogP contribution in [0.2, 0.25) is 0 Å². The van der Waals surface area contributed by atoms with E-state index >= 15 is 0 Å². The molecule has 0 spiro atoms. The monoisotopic (exact) mass is 304 g/mol. The number of aromatic nitrogens is 2. The molecule has 0 saturated carbocycles. The first-order valence-corrected chi connectivity index (χ1v) is 7.97. The maximum absolute atomic E-state index is 12.6. The van der Waals surface area contributed by atoms with Crippen molar-refractivity contribution < 1.29 is 4.79 Å². The Labute approximate surface area is 131 Å². The molecule has 2 aliphatic heterocycles. The number of carbonyl (C=O) groups is 1. The maximum Gasteiger partial charge on any atom is 0.241 e. The number of nitrogens with one attached hydrogen (secondary N) is 2. The van der Waals surface area contributed by atoms with Crippen LogP contribution in [0.4, 0.5) is 5.95 Å². The number of nitrogens with zero attached hydrogens (tertiary/aromatic N) is 4. The number of hydrogen-bond donors (Lipinski definition) is 2. The van der Waals surface area contributed by atoms with Crippen molar-refractivity contribution in [2.75, 3.05) is 31.1 Å². The second kappa shape index (κ2) is 6.58. The van der Waals surface area contributed by atoms with Crippen molar-refractivity contribution in [3.63, 3.8) is 0 Å². The van der Waals surface area contributed by atoms with Crippen molar-refractivity contribution in [2.45, 2.75) is 32.4 Å². The average molecular weight is 304 g/mol. The van der Waals surface area contributed by atoms with Gasteiger partial charge >= 0.3 is 0 Å². The lowest BCUT2D eigenvalue weighted by Crippen LogP contribution is -2.54. The van der Waals surface area contributed by atoms with Crippen molar-refractivity contribution in [3.8, 4) is 0 Å². The Morgan fingerprint density at radius 3 is 2.45 bits per heavy atom. The first-order chi connectivity index (χ1) is 10.6. The molecule has 2 N–H and O–H groups in total. The summed E-state index contributed by atoms with van der Waals surface area (Å²) in [4.78, 5) is 25.2. The maximum atomic E-state index is 12.6. The third kappa shape index (κ3) is 3.20. The van der Waals surface area contributed by atoms with E-state index in [1.165, 1.54) is 0 Å². The van der Waals surface area contributed by atoms with Crippen LogP contribution in [0.25, 0.3) is 0 Å². The summed E-state index contributed by atoms with van der Waals surface area (Å²) in [6.45, 7) is 7.35. The predicted molar refractivity (Wildman–Crippen MR) is 84.1 cm³/mol. The molecule has 3 heterocycles. The van der Waals surface area contributed by atoms with Gasteiger partial charge in [0.2, 0.25) is 11.9 Å². The molecule has 22 heavy (non-hydrogen) atoms. The van der Waals surface area contributed by atoms with Crippen LogP contribution in [-0.4, -0.2) is 59.0 Å². The molecule has 3 rings (SSSR count). The van der Waals surface area contributed by atoms with Crippen molar-refractivity contribution in [1.29, 1.82) is 0 Å². The molecule has 0 radical (unpaired) electrons. The summed E-state index contributed by atoms with van der Waals surface area (Å²) in [5, 5.41) is 0. The molecule has 7 nitrogen and oxygen atoms in total. The lowest BCUT2D eigenvalue weighted by Gasteiger charge is -2.35. The minimum Gasteiger partial charge on any atom is -0.338 e. The molecular weight excluding hydrogens is 280 g/mol. The summed E-state index contributed by atoms with van der Waals surface area (Å²) >= 11 is 0. The van der Waals surface area contributed by atoms with Gasteiger partial charge < -0.3 is 9.80 Å². The first kappa shape index (κ1) is 15.2. The summed E-state index contributed by atoms with van der Waals surface area (Å²) in [6.07, 6.45) is 4.36. The van der Waals surface area contributed by atoms with Crippen molar-refractivity contribution in [3.05, 3.63) is 18.5 Å². The number of piperazine rings is 1. The standard InChI is InChI=1S/C15H24N6O/c1-11(2)12-10-13(19-18-12)14(22)20-6-8-21(9-7-20)15-16-4-3-5-17-15/h3-5,11-13,18-19H,6-10H2,1-2H3. The van der Waals surface area contributed by atoms with Crippen LogP contribution < -0.4 is 15.8 Å².